The molecule has 1 aliphatic rings. The number of anilines is 1. The van der Waals surface area contributed by atoms with Gasteiger partial charge in [0.05, 0.1) is 0 Å². The average Bonchev–Trinajstić information content (AvgIpc) is 2.98. The third kappa shape index (κ3) is 2.52. The van der Waals surface area contributed by atoms with E-state index in [0.29, 0.717) is 17.4 Å². The highest BCUT2D eigenvalue weighted by atomic mass is 16.3. The van der Waals surface area contributed by atoms with Crippen molar-refractivity contribution in [2.45, 2.75) is 31.6 Å². The number of fused-ring (bicyclic) bond motifs is 1. The van der Waals surface area contributed by atoms with Crippen molar-refractivity contribution < 1.29 is 5.11 Å². The van der Waals surface area contributed by atoms with Crippen LogP contribution in [-0.2, 0) is 0 Å². The molecule has 1 saturated carbocycles. The van der Waals surface area contributed by atoms with E-state index in [1.54, 1.807) is 6.20 Å². The van der Waals surface area contributed by atoms with Crippen molar-refractivity contribution >= 4 is 11.5 Å². The fourth-order valence-corrected chi connectivity index (χ4v) is 3.36. The van der Waals surface area contributed by atoms with Gasteiger partial charge in [0, 0.05) is 17.8 Å². The Bertz CT molecular complexity index is 832. The second-order valence-corrected chi connectivity index (χ2v) is 6.09. The number of aromatic nitrogens is 3. The first-order valence-corrected chi connectivity index (χ1v) is 7.97. The first-order chi connectivity index (χ1) is 11.2. The Morgan fingerprint density at radius 2 is 1.87 bits per heavy atom. The van der Waals surface area contributed by atoms with Gasteiger partial charge in [-0.05, 0) is 49.1 Å². The predicted octanol–water partition coefficient (Wildman–Crippen LogP) is 3.55. The van der Waals surface area contributed by atoms with Crippen LogP contribution >= 0.6 is 0 Å². The van der Waals surface area contributed by atoms with E-state index in [9.17, 15) is 5.11 Å². The smallest absolute Gasteiger partial charge is 0.233 e. The molecule has 1 aliphatic carbocycles. The molecule has 5 nitrogen and oxygen atoms in total. The molecule has 0 saturated heterocycles. The number of benzene rings is 1. The highest BCUT2D eigenvalue weighted by molar-refractivity contribution is 5.75. The van der Waals surface area contributed by atoms with E-state index in [0.717, 1.165) is 11.1 Å². The van der Waals surface area contributed by atoms with Crippen molar-refractivity contribution in [3.8, 4) is 17.0 Å². The van der Waals surface area contributed by atoms with Crippen molar-refractivity contribution in [3.05, 3.63) is 48.5 Å². The number of nitrogens with zero attached hydrogens (tertiary/aromatic N) is 3. The standard InChI is InChI=1S/C18H19N4O/c19-18-15(11-20-16-10-17(23)21-22(16)18)14-8-6-13(7-9-14)12-4-2-1-3-5-12/h1,6-12H,2-5,19H2,(H,21,23). The van der Waals surface area contributed by atoms with E-state index in [1.165, 1.54) is 41.8 Å². The van der Waals surface area contributed by atoms with Crippen LogP contribution in [0.4, 0.5) is 5.82 Å². The highest BCUT2D eigenvalue weighted by Gasteiger charge is 2.16. The molecule has 1 aromatic carbocycles. The van der Waals surface area contributed by atoms with Crippen molar-refractivity contribution in [2.75, 3.05) is 5.73 Å². The molecule has 3 aromatic rings. The maximum Gasteiger partial charge on any atom is 0.233 e. The number of hydrogen-bond acceptors (Lipinski definition) is 4. The summed E-state index contributed by atoms with van der Waals surface area (Å²) in [7, 11) is 0. The van der Waals surface area contributed by atoms with Gasteiger partial charge in [0.25, 0.3) is 0 Å². The molecule has 0 atom stereocenters. The minimum absolute atomic E-state index is 0.0780. The molecule has 4 rings (SSSR count). The third-order valence-corrected chi connectivity index (χ3v) is 4.64. The van der Waals surface area contributed by atoms with Gasteiger partial charge in [0.2, 0.25) is 5.88 Å². The molecule has 0 unspecified atom stereocenters. The molecule has 0 spiro atoms. The summed E-state index contributed by atoms with van der Waals surface area (Å²) < 4.78 is 1.47. The second kappa shape index (κ2) is 5.57. The Kier molecular flexibility index (Phi) is 3.41. The normalized spacial score (nSPS) is 16.0. The lowest BCUT2D eigenvalue weighted by Gasteiger charge is -2.22. The van der Waals surface area contributed by atoms with Crippen LogP contribution in [0.1, 0.15) is 37.2 Å². The van der Waals surface area contributed by atoms with E-state index in [4.69, 9.17) is 5.73 Å². The summed E-state index contributed by atoms with van der Waals surface area (Å²) >= 11 is 0. The summed E-state index contributed by atoms with van der Waals surface area (Å²) in [6.45, 7) is 0. The van der Waals surface area contributed by atoms with Crippen molar-refractivity contribution in [1.29, 1.82) is 0 Å². The molecule has 1 fully saturated rings. The lowest BCUT2D eigenvalue weighted by atomic mass is 9.84. The summed E-state index contributed by atoms with van der Waals surface area (Å²) in [5.41, 5.74) is 9.96. The van der Waals surface area contributed by atoms with Gasteiger partial charge < -0.3 is 10.8 Å². The number of nitrogen functional groups attached to an aromatic ring is 1. The zero-order valence-corrected chi connectivity index (χ0v) is 12.8. The molecule has 0 aliphatic heterocycles. The molecule has 117 valence electrons. The van der Waals surface area contributed by atoms with Crippen LogP contribution in [0, 0.1) is 6.42 Å². The summed E-state index contributed by atoms with van der Waals surface area (Å²) in [5, 5.41) is 13.5. The Morgan fingerprint density at radius 3 is 2.61 bits per heavy atom. The second-order valence-electron chi connectivity index (χ2n) is 6.09. The Labute approximate surface area is 134 Å². The zero-order chi connectivity index (χ0) is 15.8. The molecule has 5 heteroatoms. The van der Waals surface area contributed by atoms with Gasteiger partial charge in [-0.15, -0.1) is 5.10 Å². The number of aromatic hydroxyl groups is 1. The first kappa shape index (κ1) is 14.1. The van der Waals surface area contributed by atoms with Crippen LogP contribution in [-0.4, -0.2) is 19.7 Å². The minimum atomic E-state index is -0.0780. The summed E-state index contributed by atoms with van der Waals surface area (Å²) in [6.07, 6.45) is 9.01. The van der Waals surface area contributed by atoms with Crippen LogP contribution in [0.2, 0.25) is 0 Å². The van der Waals surface area contributed by atoms with Gasteiger partial charge in [-0.1, -0.05) is 24.3 Å². The van der Waals surface area contributed by atoms with Crippen LogP contribution in [0.5, 0.6) is 5.88 Å². The van der Waals surface area contributed by atoms with E-state index < -0.39 is 0 Å². The fourth-order valence-electron chi connectivity index (χ4n) is 3.36. The van der Waals surface area contributed by atoms with E-state index >= 15 is 0 Å². The number of rotatable bonds is 2. The van der Waals surface area contributed by atoms with Gasteiger partial charge in [-0.2, -0.15) is 4.52 Å². The lowest BCUT2D eigenvalue weighted by Crippen LogP contribution is -2.05. The molecule has 3 N–H and O–H groups in total. The Balaban J connectivity index is 1.68. The van der Waals surface area contributed by atoms with Crippen LogP contribution in [0.15, 0.2) is 36.5 Å². The number of nitrogens with two attached hydrogens (primary N) is 1. The monoisotopic (exact) mass is 307 g/mol. The lowest BCUT2D eigenvalue weighted by molar-refractivity contribution is 0.449. The van der Waals surface area contributed by atoms with E-state index in [1.807, 2.05) is 0 Å². The molecule has 2 aromatic heterocycles. The largest absolute Gasteiger partial charge is 0.492 e. The van der Waals surface area contributed by atoms with Gasteiger partial charge in [-0.3, -0.25) is 0 Å². The Morgan fingerprint density at radius 1 is 1.13 bits per heavy atom. The minimum Gasteiger partial charge on any atom is -0.492 e. The molecule has 1 radical (unpaired) electrons. The maximum atomic E-state index is 9.49. The molecule has 0 bridgehead atoms. The summed E-state index contributed by atoms with van der Waals surface area (Å²) in [5.74, 6) is 1.07. The van der Waals surface area contributed by atoms with E-state index in [2.05, 4.69) is 40.8 Å². The van der Waals surface area contributed by atoms with Crippen molar-refractivity contribution in [2.24, 2.45) is 0 Å². The first-order valence-electron chi connectivity index (χ1n) is 7.97. The van der Waals surface area contributed by atoms with E-state index in [-0.39, 0.29) is 5.88 Å². The van der Waals surface area contributed by atoms with Crippen LogP contribution in [0.25, 0.3) is 16.8 Å². The summed E-state index contributed by atoms with van der Waals surface area (Å²) in [4.78, 5) is 4.31. The summed E-state index contributed by atoms with van der Waals surface area (Å²) in [6, 6.07) is 10.1. The molecule has 2 heterocycles. The molecular weight excluding hydrogens is 288 g/mol. The average molecular weight is 307 g/mol. The Hall–Kier alpha value is -2.56. The predicted molar refractivity (Wildman–Crippen MR) is 90.0 cm³/mol. The van der Waals surface area contributed by atoms with Crippen LogP contribution in [0.3, 0.4) is 0 Å². The van der Waals surface area contributed by atoms with Crippen molar-refractivity contribution in [1.82, 2.24) is 14.6 Å². The van der Waals surface area contributed by atoms with Gasteiger partial charge in [-0.25, -0.2) is 4.98 Å². The van der Waals surface area contributed by atoms with Gasteiger partial charge >= 0.3 is 0 Å². The van der Waals surface area contributed by atoms with Crippen molar-refractivity contribution in [3.63, 3.8) is 0 Å². The van der Waals surface area contributed by atoms with Crippen LogP contribution < -0.4 is 5.73 Å². The maximum absolute atomic E-state index is 9.49. The highest BCUT2D eigenvalue weighted by Crippen LogP contribution is 2.34. The zero-order valence-electron chi connectivity index (χ0n) is 12.8. The SMILES string of the molecule is Nc1c(-c2ccc(C3CC[CH]CC3)cc2)cnc2cc(O)nn12. The molecular formula is C18H19N4O. The van der Waals surface area contributed by atoms with Gasteiger partial charge in [0.1, 0.15) is 5.82 Å². The molecule has 23 heavy (non-hydrogen) atoms. The third-order valence-electron chi connectivity index (χ3n) is 4.64. The molecule has 0 amide bonds. The fraction of sp³-hybridized carbons (Fsp3) is 0.278. The topological polar surface area (TPSA) is 76.4 Å². The number of hydrogen-bond donors (Lipinski definition) is 2. The van der Waals surface area contributed by atoms with Gasteiger partial charge in [0.15, 0.2) is 5.65 Å². The quantitative estimate of drug-likeness (QED) is 0.759.